The topological polar surface area (TPSA) is 42.9 Å². The highest BCUT2D eigenvalue weighted by Crippen LogP contribution is 2.24. The lowest BCUT2D eigenvalue weighted by Gasteiger charge is -2.40. The lowest BCUT2D eigenvalue weighted by molar-refractivity contribution is 0.0891. The smallest absolute Gasteiger partial charge is 0.191 e. The number of hydrogen-bond donors (Lipinski definition) is 2. The standard InChI is InChI=1S/C22H33N5S/c1-18-10-15-28-21(18)16-25-22(23-2)24-11-7-12-27-14-13-26(3)17-20(27)19-8-5-4-6-9-19/h4-6,8-10,15,20H,7,11-14,16-17H2,1-3H3,(H2,23,24,25). The van der Waals surface area contributed by atoms with Crippen molar-refractivity contribution in [2.45, 2.75) is 25.9 Å². The molecule has 28 heavy (non-hydrogen) atoms. The molecule has 5 nitrogen and oxygen atoms in total. The molecule has 0 bridgehead atoms. The van der Waals surface area contributed by atoms with E-state index >= 15 is 0 Å². The average Bonchev–Trinajstić information content (AvgIpc) is 3.13. The van der Waals surface area contributed by atoms with Gasteiger partial charge in [0.2, 0.25) is 0 Å². The molecule has 0 spiro atoms. The number of thiophene rings is 1. The molecule has 1 unspecified atom stereocenters. The third-order valence-electron chi connectivity index (χ3n) is 5.40. The number of nitrogens with one attached hydrogen (secondary N) is 2. The van der Waals surface area contributed by atoms with E-state index in [1.165, 1.54) is 16.0 Å². The lowest BCUT2D eigenvalue weighted by atomic mass is 10.0. The normalized spacial score (nSPS) is 19.0. The van der Waals surface area contributed by atoms with Crippen LogP contribution in [0.25, 0.3) is 0 Å². The van der Waals surface area contributed by atoms with Crippen molar-refractivity contribution in [3.8, 4) is 0 Å². The highest BCUT2D eigenvalue weighted by molar-refractivity contribution is 7.10. The molecule has 0 radical (unpaired) electrons. The molecule has 152 valence electrons. The molecule has 2 heterocycles. The van der Waals surface area contributed by atoms with E-state index in [1.807, 2.05) is 7.05 Å². The van der Waals surface area contributed by atoms with E-state index in [0.717, 1.165) is 51.6 Å². The fourth-order valence-electron chi connectivity index (χ4n) is 3.67. The van der Waals surface area contributed by atoms with E-state index in [1.54, 1.807) is 11.3 Å². The monoisotopic (exact) mass is 399 g/mol. The SMILES string of the molecule is CN=C(NCCCN1CCN(C)CC1c1ccccc1)NCc1sccc1C. The summed E-state index contributed by atoms with van der Waals surface area (Å²) in [6, 6.07) is 13.6. The van der Waals surface area contributed by atoms with Crippen LogP contribution in [0.2, 0.25) is 0 Å². The number of likely N-dealkylation sites (N-methyl/N-ethyl adjacent to an activating group) is 1. The van der Waals surface area contributed by atoms with Crippen LogP contribution < -0.4 is 10.6 Å². The van der Waals surface area contributed by atoms with Crippen LogP contribution in [0.4, 0.5) is 0 Å². The number of hydrogen-bond acceptors (Lipinski definition) is 4. The number of nitrogens with zero attached hydrogens (tertiary/aromatic N) is 3. The van der Waals surface area contributed by atoms with Crippen LogP contribution in [-0.4, -0.2) is 62.6 Å². The van der Waals surface area contributed by atoms with Gasteiger partial charge in [-0.3, -0.25) is 9.89 Å². The van der Waals surface area contributed by atoms with Gasteiger partial charge in [-0.1, -0.05) is 30.3 Å². The molecular formula is C22H33N5S. The summed E-state index contributed by atoms with van der Waals surface area (Å²) < 4.78 is 0. The van der Waals surface area contributed by atoms with Gasteiger partial charge in [0, 0.05) is 50.7 Å². The van der Waals surface area contributed by atoms with Gasteiger partial charge in [-0.05, 0) is 43.0 Å². The zero-order valence-electron chi connectivity index (χ0n) is 17.3. The Kier molecular flexibility index (Phi) is 7.89. The van der Waals surface area contributed by atoms with Gasteiger partial charge in [-0.25, -0.2) is 0 Å². The van der Waals surface area contributed by atoms with Gasteiger partial charge in [-0.2, -0.15) is 0 Å². The van der Waals surface area contributed by atoms with Crippen LogP contribution in [0.15, 0.2) is 46.8 Å². The molecule has 1 aromatic heterocycles. The van der Waals surface area contributed by atoms with E-state index in [2.05, 4.69) is 81.2 Å². The number of benzene rings is 1. The van der Waals surface area contributed by atoms with Gasteiger partial charge in [0.1, 0.15) is 0 Å². The zero-order valence-corrected chi connectivity index (χ0v) is 18.1. The van der Waals surface area contributed by atoms with Crippen LogP contribution in [0.1, 0.15) is 28.5 Å². The van der Waals surface area contributed by atoms with Crippen molar-refractivity contribution in [3.63, 3.8) is 0 Å². The second kappa shape index (κ2) is 10.6. The molecule has 1 aliphatic rings. The molecule has 1 fully saturated rings. The Labute approximate surface area is 173 Å². The number of piperazine rings is 1. The first-order valence-electron chi connectivity index (χ1n) is 10.1. The molecule has 0 aliphatic carbocycles. The van der Waals surface area contributed by atoms with Gasteiger partial charge < -0.3 is 15.5 Å². The highest BCUT2D eigenvalue weighted by Gasteiger charge is 2.25. The maximum Gasteiger partial charge on any atom is 0.191 e. The van der Waals surface area contributed by atoms with Crippen molar-refractivity contribution in [1.29, 1.82) is 0 Å². The molecule has 2 aromatic rings. The summed E-state index contributed by atoms with van der Waals surface area (Å²) >= 11 is 1.79. The first kappa shape index (κ1) is 20.8. The molecule has 3 rings (SSSR count). The Balaban J connectivity index is 1.44. The van der Waals surface area contributed by atoms with E-state index in [9.17, 15) is 0 Å². The second-order valence-electron chi connectivity index (χ2n) is 7.46. The fourth-order valence-corrected chi connectivity index (χ4v) is 4.52. The van der Waals surface area contributed by atoms with Crippen LogP contribution in [0, 0.1) is 6.92 Å². The van der Waals surface area contributed by atoms with Crippen LogP contribution >= 0.6 is 11.3 Å². The third kappa shape index (κ3) is 5.80. The van der Waals surface area contributed by atoms with Gasteiger partial charge in [-0.15, -0.1) is 11.3 Å². The minimum Gasteiger partial charge on any atom is -0.356 e. The maximum absolute atomic E-state index is 4.35. The molecule has 1 saturated heterocycles. The van der Waals surface area contributed by atoms with Crippen molar-refractivity contribution in [1.82, 2.24) is 20.4 Å². The summed E-state index contributed by atoms with van der Waals surface area (Å²) in [6.45, 7) is 8.38. The van der Waals surface area contributed by atoms with Crippen molar-refractivity contribution in [3.05, 3.63) is 57.8 Å². The quantitative estimate of drug-likeness (QED) is 0.427. The van der Waals surface area contributed by atoms with E-state index in [0.29, 0.717) is 6.04 Å². The van der Waals surface area contributed by atoms with Crippen molar-refractivity contribution < 1.29 is 0 Å². The fraction of sp³-hybridized carbons (Fsp3) is 0.500. The summed E-state index contributed by atoms with van der Waals surface area (Å²) in [7, 11) is 4.06. The Hall–Kier alpha value is -1.89. The number of aryl methyl sites for hydroxylation is 1. The van der Waals surface area contributed by atoms with Gasteiger partial charge in [0.15, 0.2) is 5.96 Å². The van der Waals surface area contributed by atoms with E-state index in [-0.39, 0.29) is 0 Å². The minimum absolute atomic E-state index is 0.485. The summed E-state index contributed by atoms with van der Waals surface area (Å²) in [5.74, 6) is 0.880. The number of guanidine groups is 1. The molecule has 2 N–H and O–H groups in total. The summed E-state index contributed by atoms with van der Waals surface area (Å²) in [5, 5.41) is 9.02. The number of rotatable bonds is 7. The molecule has 0 saturated carbocycles. The van der Waals surface area contributed by atoms with Crippen molar-refractivity contribution in [2.75, 3.05) is 46.8 Å². The van der Waals surface area contributed by atoms with E-state index < -0.39 is 0 Å². The lowest BCUT2D eigenvalue weighted by Crippen LogP contribution is -2.47. The average molecular weight is 400 g/mol. The maximum atomic E-state index is 4.35. The first-order chi connectivity index (χ1) is 13.7. The molecule has 6 heteroatoms. The molecule has 0 amide bonds. The van der Waals surface area contributed by atoms with Gasteiger partial charge >= 0.3 is 0 Å². The van der Waals surface area contributed by atoms with Crippen LogP contribution in [0.3, 0.4) is 0 Å². The zero-order chi connectivity index (χ0) is 19.8. The summed E-state index contributed by atoms with van der Waals surface area (Å²) in [5.41, 5.74) is 2.76. The summed E-state index contributed by atoms with van der Waals surface area (Å²) in [4.78, 5) is 10.8. The minimum atomic E-state index is 0.485. The highest BCUT2D eigenvalue weighted by atomic mass is 32.1. The Bertz CT molecular complexity index is 742. The van der Waals surface area contributed by atoms with E-state index in [4.69, 9.17) is 0 Å². The van der Waals surface area contributed by atoms with Crippen molar-refractivity contribution in [2.24, 2.45) is 4.99 Å². The molecular weight excluding hydrogens is 366 g/mol. The van der Waals surface area contributed by atoms with Crippen molar-refractivity contribution >= 4 is 17.3 Å². The summed E-state index contributed by atoms with van der Waals surface area (Å²) in [6.07, 6.45) is 1.10. The predicted molar refractivity (Wildman–Crippen MR) is 120 cm³/mol. The van der Waals surface area contributed by atoms with Gasteiger partial charge in [0.25, 0.3) is 0 Å². The van der Waals surface area contributed by atoms with Gasteiger partial charge in [0.05, 0.1) is 6.54 Å². The van der Waals surface area contributed by atoms with Crippen LogP contribution in [0.5, 0.6) is 0 Å². The van der Waals surface area contributed by atoms with Crippen LogP contribution in [-0.2, 0) is 6.54 Å². The molecule has 1 aromatic carbocycles. The Morgan fingerprint density at radius 3 is 2.71 bits per heavy atom. The first-order valence-corrected chi connectivity index (χ1v) is 11.0. The number of aliphatic imine (C=N–C) groups is 1. The Morgan fingerprint density at radius 1 is 1.18 bits per heavy atom. The largest absolute Gasteiger partial charge is 0.356 e. The molecule has 1 atom stereocenters. The molecule has 1 aliphatic heterocycles. The predicted octanol–water partition coefficient (Wildman–Crippen LogP) is 3.10. The Morgan fingerprint density at radius 2 is 2.00 bits per heavy atom. The second-order valence-corrected chi connectivity index (χ2v) is 8.46. The third-order valence-corrected chi connectivity index (χ3v) is 6.42.